The highest BCUT2D eigenvalue weighted by Gasteiger charge is 2.13. The van der Waals surface area contributed by atoms with Crippen molar-refractivity contribution in [2.24, 2.45) is 0 Å². The highest BCUT2D eigenvalue weighted by atomic mass is 16.1. The lowest BCUT2D eigenvalue weighted by molar-refractivity contribution is 0.0943. The zero-order valence-corrected chi connectivity index (χ0v) is 12.4. The lowest BCUT2D eigenvalue weighted by Gasteiger charge is -2.09. The Morgan fingerprint density at radius 1 is 1.32 bits per heavy atom. The molecule has 102 valence electrons. The zero-order chi connectivity index (χ0) is 14.2. The fourth-order valence-corrected chi connectivity index (χ4v) is 2.54. The number of benzene rings is 1. The Bertz CT molecular complexity index is 623. The Hall–Kier alpha value is -1.77. The van der Waals surface area contributed by atoms with Gasteiger partial charge < -0.3 is 9.88 Å². The molecule has 0 saturated carbocycles. The Kier molecular flexibility index (Phi) is 3.65. The quantitative estimate of drug-likeness (QED) is 0.899. The van der Waals surface area contributed by atoms with Crippen LogP contribution < -0.4 is 5.32 Å². The monoisotopic (exact) mass is 258 g/mol. The van der Waals surface area contributed by atoms with E-state index in [9.17, 15) is 4.79 Å². The molecule has 0 aliphatic carbocycles. The van der Waals surface area contributed by atoms with Gasteiger partial charge in [0.25, 0.3) is 5.91 Å². The SMILES string of the molecule is CCn1c(C)c(C)c2cc(C(=O)NC(C)C)ccc21. The molecule has 0 aliphatic heterocycles. The maximum absolute atomic E-state index is 12.1. The maximum Gasteiger partial charge on any atom is 0.251 e. The summed E-state index contributed by atoms with van der Waals surface area (Å²) < 4.78 is 2.29. The number of amides is 1. The first-order valence-electron chi connectivity index (χ1n) is 6.86. The number of nitrogens with one attached hydrogen (secondary N) is 1. The Morgan fingerprint density at radius 2 is 2.00 bits per heavy atom. The summed E-state index contributed by atoms with van der Waals surface area (Å²) in [6.07, 6.45) is 0. The van der Waals surface area contributed by atoms with Gasteiger partial charge in [-0.15, -0.1) is 0 Å². The van der Waals surface area contributed by atoms with Crippen LogP contribution in [0.5, 0.6) is 0 Å². The van der Waals surface area contributed by atoms with Crippen molar-refractivity contribution in [1.82, 2.24) is 9.88 Å². The molecular formula is C16H22N2O. The highest BCUT2D eigenvalue weighted by molar-refractivity contribution is 5.99. The summed E-state index contributed by atoms with van der Waals surface area (Å²) in [5.41, 5.74) is 4.48. The summed E-state index contributed by atoms with van der Waals surface area (Å²) in [5.74, 6) is -0.00167. The van der Waals surface area contributed by atoms with Gasteiger partial charge in [-0.05, 0) is 58.4 Å². The zero-order valence-electron chi connectivity index (χ0n) is 12.4. The molecule has 1 N–H and O–H groups in total. The molecule has 1 aromatic heterocycles. The number of carbonyl (C=O) groups is 1. The molecule has 19 heavy (non-hydrogen) atoms. The third-order valence-corrected chi connectivity index (χ3v) is 3.64. The average molecular weight is 258 g/mol. The number of nitrogens with zero attached hydrogens (tertiary/aromatic N) is 1. The van der Waals surface area contributed by atoms with E-state index in [1.807, 2.05) is 32.0 Å². The highest BCUT2D eigenvalue weighted by Crippen LogP contribution is 2.26. The molecule has 0 spiro atoms. The number of aromatic nitrogens is 1. The van der Waals surface area contributed by atoms with Crippen molar-refractivity contribution in [2.75, 3.05) is 0 Å². The van der Waals surface area contributed by atoms with Crippen LogP contribution in [0.1, 0.15) is 42.4 Å². The summed E-state index contributed by atoms with van der Waals surface area (Å²) in [6.45, 7) is 11.3. The molecule has 2 rings (SSSR count). The molecule has 3 heteroatoms. The van der Waals surface area contributed by atoms with Crippen LogP contribution in [0.2, 0.25) is 0 Å². The van der Waals surface area contributed by atoms with Crippen LogP contribution in [0.3, 0.4) is 0 Å². The summed E-state index contributed by atoms with van der Waals surface area (Å²) in [5, 5.41) is 4.11. The number of hydrogen-bond donors (Lipinski definition) is 1. The molecular weight excluding hydrogens is 236 g/mol. The van der Waals surface area contributed by atoms with Crippen LogP contribution in [0.15, 0.2) is 18.2 Å². The van der Waals surface area contributed by atoms with E-state index in [0.29, 0.717) is 0 Å². The van der Waals surface area contributed by atoms with Crippen molar-refractivity contribution in [1.29, 1.82) is 0 Å². The first kappa shape index (κ1) is 13.7. The molecule has 3 nitrogen and oxygen atoms in total. The maximum atomic E-state index is 12.1. The van der Waals surface area contributed by atoms with Crippen molar-refractivity contribution in [3.8, 4) is 0 Å². The second-order valence-electron chi connectivity index (χ2n) is 5.31. The van der Waals surface area contributed by atoms with Crippen molar-refractivity contribution in [2.45, 2.75) is 47.2 Å². The number of fused-ring (bicyclic) bond motifs is 1. The topological polar surface area (TPSA) is 34.0 Å². The van der Waals surface area contributed by atoms with Gasteiger partial charge in [-0.25, -0.2) is 0 Å². The molecule has 1 heterocycles. The van der Waals surface area contributed by atoms with Gasteiger partial charge in [0.1, 0.15) is 0 Å². The van der Waals surface area contributed by atoms with Crippen LogP contribution in [0.25, 0.3) is 10.9 Å². The molecule has 0 bridgehead atoms. The normalized spacial score (nSPS) is 11.3. The van der Waals surface area contributed by atoms with E-state index in [4.69, 9.17) is 0 Å². The van der Waals surface area contributed by atoms with Gasteiger partial charge in [0.2, 0.25) is 0 Å². The first-order valence-corrected chi connectivity index (χ1v) is 6.86. The third-order valence-electron chi connectivity index (χ3n) is 3.64. The van der Waals surface area contributed by atoms with E-state index >= 15 is 0 Å². The molecule has 0 fully saturated rings. The van der Waals surface area contributed by atoms with E-state index in [2.05, 4.69) is 30.7 Å². The van der Waals surface area contributed by atoms with Gasteiger partial charge in [0.15, 0.2) is 0 Å². The molecule has 0 saturated heterocycles. The number of aryl methyl sites for hydroxylation is 2. The second kappa shape index (κ2) is 5.08. The smallest absolute Gasteiger partial charge is 0.251 e. The van der Waals surface area contributed by atoms with Gasteiger partial charge in [-0.1, -0.05) is 0 Å². The largest absolute Gasteiger partial charge is 0.350 e. The average Bonchev–Trinajstić information content (AvgIpc) is 2.60. The van der Waals surface area contributed by atoms with Crippen LogP contribution in [0.4, 0.5) is 0 Å². The van der Waals surface area contributed by atoms with E-state index in [-0.39, 0.29) is 11.9 Å². The first-order chi connectivity index (χ1) is 8.95. The van der Waals surface area contributed by atoms with Crippen LogP contribution in [-0.2, 0) is 6.54 Å². The minimum atomic E-state index is -0.00167. The van der Waals surface area contributed by atoms with E-state index in [1.54, 1.807) is 0 Å². The standard InChI is InChI=1S/C16H22N2O/c1-6-18-12(5)11(4)14-9-13(7-8-15(14)18)16(19)17-10(2)3/h7-10H,6H2,1-5H3,(H,17,19). The van der Waals surface area contributed by atoms with E-state index in [1.165, 1.54) is 22.2 Å². The molecule has 1 aromatic carbocycles. The van der Waals surface area contributed by atoms with Gasteiger partial charge in [0.05, 0.1) is 0 Å². The summed E-state index contributed by atoms with van der Waals surface area (Å²) >= 11 is 0. The molecule has 0 unspecified atom stereocenters. The summed E-state index contributed by atoms with van der Waals surface area (Å²) in [7, 11) is 0. The van der Waals surface area contributed by atoms with Gasteiger partial charge >= 0.3 is 0 Å². The van der Waals surface area contributed by atoms with Crippen molar-refractivity contribution in [3.05, 3.63) is 35.0 Å². The van der Waals surface area contributed by atoms with Crippen molar-refractivity contribution < 1.29 is 4.79 Å². The molecule has 0 aliphatic rings. The summed E-state index contributed by atoms with van der Waals surface area (Å²) in [6, 6.07) is 6.12. The Balaban J connectivity index is 2.52. The lowest BCUT2D eigenvalue weighted by Crippen LogP contribution is -2.29. The molecule has 2 aromatic rings. The lowest BCUT2D eigenvalue weighted by atomic mass is 10.1. The third kappa shape index (κ3) is 2.37. The van der Waals surface area contributed by atoms with Gasteiger partial charge in [0, 0.05) is 34.7 Å². The van der Waals surface area contributed by atoms with Crippen LogP contribution in [-0.4, -0.2) is 16.5 Å². The fourth-order valence-electron chi connectivity index (χ4n) is 2.54. The minimum Gasteiger partial charge on any atom is -0.350 e. The van der Waals surface area contributed by atoms with Gasteiger partial charge in [-0.3, -0.25) is 4.79 Å². The second-order valence-corrected chi connectivity index (χ2v) is 5.31. The van der Waals surface area contributed by atoms with Crippen LogP contribution >= 0.6 is 0 Å². The van der Waals surface area contributed by atoms with Gasteiger partial charge in [-0.2, -0.15) is 0 Å². The van der Waals surface area contributed by atoms with E-state index < -0.39 is 0 Å². The van der Waals surface area contributed by atoms with Crippen LogP contribution in [0, 0.1) is 13.8 Å². The number of carbonyl (C=O) groups excluding carboxylic acids is 1. The number of hydrogen-bond acceptors (Lipinski definition) is 1. The predicted molar refractivity (Wildman–Crippen MR) is 79.7 cm³/mol. The molecule has 0 atom stereocenters. The van der Waals surface area contributed by atoms with Crippen molar-refractivity contribution in [3.63, 3.8) is 0 Å². The predicted octanol–water partition coefficient (Wildman–Crippen LogP) is 3.42. The minimum absolute atomic E-state index is 0.00167. The number of rotatable bonds is 3. The van der Waals surface area contributed by atoms with E-state index in [0.717, 1.165) is 12.1 Å². The molecule has 0 radical (unpaired) electrons. The Labute approximate surface area is 114 Å². The molecule has 1 amide bonds. The van der Waals surface area contributed by atoms with Crippen molar-refractivity contribution >= 4 is 16.8 Å². The Morgan fingerprint density at radius 3 is 2.58 bits per heavy atom. The fraction of sp³-hybridized carbons (Fsp3) is 0.438. The summed E-state index contributed by atoms with van der Waals surface area (Å²) in [4.78, 5) is 12.1.